The number of ether oxygens (including phenoxy) is 2. The molecule has 0 saturated heterocycles. The van der Waals surface area contributed by atoms with Crippen LogP contribution in [0.4, 0.5) is 0 Å². The van der Waals surface area contributed by atoms with Gasteiger partial charge in [0, 0.05) is 28.0 Å². The van der Waals surface area contributed by atoms with Crippen molar-refractivity contribution in [3.05, 3.63) is 50.1 Å². The quantitative estimate of drug-likeness (QED) is 0.416. The summed E-state index contributed by atoms with van der Waals surface area (Å²) < 4.78 is 36.3. The molecule has 0 amide bonds. The smallest absolute Gasteiger partial charge is 0.348 e. The second kappa shape index (κ2) is 11.3. The van der Waals surface area contributed by atoms with E-state index < -0.39 is 10.0 Å². The minimum atomic E-state index is -3.38. The zero-order valence-corrected chi connectivity index (χ0v) is 20.2. The molecule has 0 atom stereocenters. The second-order valence-electron chi connectivity index (χ2n) is 6.94. The summed E-state index contributed by atoms with van der Waals surface area (Å²) in [6.45, 7) is 4.34. The van der Waals surface area contributed by atoms with Crippen LogP contribution in [0.3, 0.4) is 0 Å². The van der Waals surface area contributed by atoms with E-state index in [2.05, 4.69) is 0 Å². The molecule has 0 aliphatic rings. The first-order valence-electron chi connectivity index (χ1n) is 9.38. The van der Waals surface area contributed by atoms with Gasteiger partial charge >= 0.3 is 5.97 Å². The number of rotatable bonds is 11. The first kappa shape index (κ1) is 24.9. The third-order valence-corrected chi connectivity index (χ3v) is 6.82. The molecule has 6 nitrogen and oxygen atoms in total. The number of esters is 1. The van der Waals surface area contributed by atoms with E-state index in [-0.39, 0.29) is 25.2 Å². The topological polar surface area (TPSA) is 72.9 Å². The maximum atomic E-state index is 12.1. The van der Waals surface area contributed by atoms with Gasteiger partial charge in [0.25, 0.3) is 0 Å². The molecule has 2 aromatic rings. The summed E-state index contributed by atoms with van der Waals surface area (Å²) in [6, 6.07) is 8.45. The van der Waals surface area contributed by atoms with Crippen LogP contribution in [0.1, 0.15) is 34.8 Å². The van der Waals surface area contributed by atoms with Crippen molar-refractivity contribution in [1.82, 2.24) is 4.31 Å². The lowest BCUT2D eigenvalue weighted by atomic mass is 10.2. The molecule has 1 heterocycles. The van der Waals surface area contributed by atoms with Crippen molar-refractivity contribution in [2.45, 2.75) is 32.8 Å². The summed E-state index contributed by atoms with van der Waals surface area (Å²) in [4.78, 5) is 13.5. The third-order valence-electron chi connectivity index (χ3n) is 3.95. The zero-order chi connectivity index (χ0) is 22.3. The van der Waals surface area contributed by atoms with Crippen LogP contribution >= 0.6 is 34.5 Å². The van der Waals surface area contributed by atoms with E-state index in [4.69, 9.17) is 32.7 Å². The fourth-order valence-electron chi connectivity index (χ4n) is 2.64. The van der Waals surface area contributed by atoms with Crippen molar-refractivity contribution in [1.29, 1.82) is 0 Å². The largest absolute Gasteiger partial charge is 0.492 e. The van der Waals surface area contributed by atoms with Crippen LogP contribution in [0.15, 0.2) is 30.3 Å². The summed E-state index contributed by atoms with van der Waals surface area (Å²) in [5.74, 6) is 0.151. The van der Waals surface area contributed by atoms with Gasteiger partial charge in [0.2, 0.25) is 10.0 Å². The highest BCUT2D eigenvalue weighted by atomic mass is 35.5. The molecule has 1 aromatic carbocycles. The molecular weight excluding hydrogens is 469 g/mol. The number of halogens is 2. The van der Waals surface area contributed by atoms with Crippen molar-refractivity contribution in [3.8, 4) is 5.75 Å². The van der Waals surface area contributed by atoms with Gasteiger partial charge in [-0.1, -0.05) is 23.2 Å². The number of nitrogens with zero attached hydrogens (tertiary/aromatic N) is 1. The van der Waals surface area contributed by atoms with Gasteiger partial charge in [0.1, 0.15) is 17.2 Å². The summed E-state index contributed by atoms with van der Waals surface area (Å²) in [7, 11) is -3.38. The van der Waals surface area contributed by atoms with Crippen LogP contribution in [-0.2, 0) is 21.2 Å². The number of benzene rings is 1. The van der Waals surface area contributed by atoms with Crippen LogP contribution in [0.5, 0.6) is 5.75 Å². The van der Waals surface area contributed by atoms with Crippen LogP contribution in [0.25, 0.3) is 0 Å². The molecule has 10 heteroatoms. The average molecular weight is 494 g/mol. The maximum absolute atomic E-state index is 12.1. The van der Waals surface area contributed by atoms with E-state index in [0.717, 1.165) is 4.88 Å². The Balaban J connectivity index is 1.85. The summed E-state index contributed by atoms with van der Waals surface area (Å²) >= 11 is 13.2. The van der Waals surface area contributed by atoms with Gasteiger partial charge < -0.3 is 9.47 Å². The van der Waals surface area contributed by atoms with Crippen LogP contribution in [0.2, 0.25) is 10.0 Å². The lowest BCUT2D eigenvalue weighted by Crippen LogP contribution is -2.34. The molecule has 0 unspecified atom stereocenters. The Morgan fingerprint density at radius 2 is 1.80 bits per heavy atom. The number of thiophene rings is 1. The van der Waals surface area contributed by atoms with Gasteiger partial charge in [0.05, 0.1) is 12.4 Å². The van der Waals surface area contributed by atoms with Crippen molar-refractivity contribution in [2.24, 2.45) is 0 Å². The van der Waals surface area contributed by atoms with Crippen molar-refractivity contribution in [2.75, 3.05) is 26.0 Å². The highest BCUT2D eigenvalue weighted by molar-refractivity contribution is 7.88. The Morgan fingerprint density at radius 1 is 1.13 bits per heavy atom. The number of carbonyl (C=O) groups excluding carboxylic acids is 1. The van der Waals surface area contributed by atoms with E-state index in [1.54, 1.807) is 38.1 Å². The normalized spacial score (nSPS) is 11.8. The number of sulfonamides is 1. The molecule has 30 heavy (non-hydrogen) atoms. The highest BCUT2D eigenvalue weighted by Gasteiger charge is 2.17. The van der Waals surface area contributed by atoms with E-state index in [9.17, 15) is 13.2 Å². The van der Waals surface area contributed by atoms with Gasteiger partial charge in [-0.05, 0) is 57.0 Å². The van der Waals surface area contributed by atoms with Crippen LogP contribution in [0, 0.1) is 0 Å². The average Bonchev–Trinajstić information content (AvgIpc) is 3.07. The van der Waals surface area contributed by atoms with Gasteiger partial charge in [-0.2, -0.15) is 4.31 Å². The molecule has 0 saturated carbocycles. The minimum Gasteiger partial charge on any atom is -0.492 e. The summed E-state index contributed by atoms with van der Waals surface area (Å²) in [5.41, 5.74) is 0. The minimum absolute atomic E-state index is 0.170. The van der Waals surface area contributed by atoms with Crippen molar-refractivity contribution >= 4 is 50.5 Å². The molecule has 0 bridgehead atoms. The number of carbonyl (C=O) groups is 1. The van der Waals surface area contributed by atoms with Gasteiger partial charge in [-0.3, -0.25) is 0 Å². The number of aryl methyl sites for hydroxylation is 1. The molecule has 0 fully saturated rings. The zero-order valence-electron chi connectivity index (χ0n) is 17.1. The predicted octanol–water partition coefficient (Wildman–Crippen LogP) is 4.89. The monoisotopic (exact) mass is 493 g/mol. The van der Waals surface area contributed by atoms with Crippen LogP contribution in [-0.4, -0.2) is 50.7 Å². The van der Waals surface area contributed by atoms with E-state index in [0.29, 0.717) is 40.1 Å². The van der Waals surface area contributed by atoms with Crippen molar-refractivity contribution < 1.29 is 22.7 Å². The Bertz CT molecular complexity index is 940. The predicted molar refractivity (Wildman–Crippen MR) is 122 cm³/mol. The molecule has 166 valence electrons. The highest BCUT2D eigenvalue weighted by Crippen LogP contribution is 2.24. The fourth-order valence-corrected chi connectivity index (χ4v) is 4.95. The number of hydrogen-bond donors (Lipinski definition) is 0. The summed E-state index contributed by atoms with van der Waals surface area (Å²) in [6.07, 6.45) is 2.29. The molecule has 2 rings (SSSR count). The third kappa shape index (κ3) is 8.43. The lowest BCUT2D eigenvalue weighted by Gasteiger charge is -2.20. The molecule has 1 aromatic heterocycles. The maximum Gasteiger partial charge on any atom is 0.348 e. The fraction of sp³-hybridized carbons (Fsp3) is 0.450. The van der Waals surface area contributed by atoms with Gasteiger partial charge in [-0.25, -0.2) is 13.2 Å². The standard InChI is InChI=1S/C20H25Cl2NO5S2/c1-14(2)28-20(24)19-7-6-18(29-19)5-4-8-23(30(3,25)26)9-10-27-17-12-15(21)11-16(22)13-17/h6-7,11-14H,4-5,8-10H2,1-3H3. The van der Waals surface area contributed by atoms with E-state index in [1.807, 2.05) is 6.07 Å². The molecule has 0 radical (unpaired) electrons. The molecular formula is C20H25Cl2NO5S2. The van der Waals surface area contributed by atoms with E-state index >= 15 is 0 Å². The van der Waals surface area contributed by atoms with E-state index in [1.165, 1.54) is 21.9 Å². The molecule has 0 N–H and O–H groups in total. The Morgan fingerprint density at radius 3 is 2.40 bits per heavy atom. The Labute approximate surface area is 191 Å². The molecule has 0 aliphatic carbocycles. The second-order valence-corrected chi connectivity index (χ2v) is 11.0. The number of hydrogen-bond acceptors (Lipinski definition) is 6. The summed E-state index contributed by atoms with van der Waals surface area (Å²) in [5, 5.41) is 0.898. The SMILES string of the molecule is CC(C)OC(=O)c1ccc(CCCN(CCOc2cc(Cl)cc(Cl)c2)S(C)(=O)=O)s1. The van der Waals surface area contributed by atoms with Crippen molar-refractivity contribution in [3.63, 3.8) is 0 Å². The first-order chi connectivity index (χ1) is 14.0. The Kier molecular flexibility index (Phi) is 9.43. The lowest BCUT2D eigenvalue weighted by molar-refractivity contribution is 0.0384. The van der Waals surface area contributed by atoms with Crippen LogP contribution < -0.4 is 4.74 Å². The van der Waals surface area contributed by atoms with Gasteiger partial charge in [0.15, 0.2) is 0 Å². The Hall–Kier alpha value is -1.32. The first-order valence-corrected chi connectivity index (χ1v) is 12.8. The molecule has 0 aliphatic heterocycles. The van der Waals surface area contributed by atoms with Gasteiger partial charge in [-0.15, -0.1) is 11.3 Å². The molecule has 0 spiro atoms.